The first-order chi connectivity index (χ1) is 13.1. The molecular weight excluding hydrogens is 343 g/mol. The number of carbonyl (C=O) groups is 1. The average molecular weight is 366 g/mol. The fourth-order valence-corrected chi connectivity index (χ4v) is 3.86. The first-order valence-corrected chi connectivity index (χ1v) is 9.49. The summed E-state index contributed by atoms with van der Waals surface area (Å²) in [7, 11) is 0. The molecule has 1 N–H and O–H groups in total. The first kappa shape index (κ1) is 17.6. The molecule has 1 aromatic carbocycles. The third-order valence-electron chi connectivity index (χ3n) is 5.20. The van der Waals surface area contributed by atoms with Crippen LogP contribution in [0.25, 0.3) is 11.0 Å². The molecule has 1 saturated carbocycles. The van der Waals surface area contributed by atoms with E-state index in [1.807, 2.05) is 17.7 Å². The van der Waals surface area contributed by atoms with E-state index in [0.717, 1.165) is 35.1 Å². The first-order valence-electron chi connectivity index (χ1n) is 9.49. The number of pyridine rings is 1. The summed E-state index contributed by atoms with van der Waals surface area (Å²) >= 11 is 0. The van der Waals surface area contributed by atoms with E-state index >= 15 is 0 Å². The number of fused-ring (bicyclic) bond motifs is 1. The van der Waals surface area contributed by atoms with Gasteiger partial charge in [0.2, 0.25) is 0 Å². The van der Waals surface area contributed by atoms with Crippen LogP contribution in [0.3, 0.4) is 0 Å². The molecule has 6 heteroatoms. The van der Waals surface area contributed by atoms with Crippen LogP contribution < -0.4 is 5.32 Å². The van der Waals surface area contributed by atoms with Gasteiger partial charge in [-0.1, -0.05) is 25.0 Å². The predicted molar refractivity (Wildman–Crippen MR) is 102 cm³/mol. The van der Waals surface area contributed by atoms with Crippen LogP contribution in [-0.4, -0.2) is 27.2 Å². The van der Waals surface area contributed by atoms with Gasteiger partial charge in [-0.15, -0.1) is 0 Å². The normalized spacial score (nSPS) is 14.7. The molecule has 0 spiro atoms. The largest absolute Gasteiger partial charge is 0.352 e. The molecule has 140 valence electrons. The van der Waals surface area contributed by atoms with Gasteiger partial charge in [0.25, 0.3) is 5.91 Å². The second-order valence-electron chi connectivity index (χ2n) is 7.21. The number of rotatable bonds is 5. The zero-order valence-electron chi connectivity index (χ0n) is 15.4. The van der Waals surface area contributed by atoms with E-state index in [1.54, 1.807) is 18.3 Å². The van der Waals surface area contributed by atoms with Gasteiger partial charge in [0.15, 0.2) is 5.65 Å². The summed E-state index contributed by atoms with van der Waals surface area (Å²) < 4.78 is 15.2. The number of nitrogens with zero attached hydrogens (tertiary/aromatic N) is 3. The smallest absolute Gasteiger partial charge is 0.252 e. The zero-order chi connectivity index (χ0) is 18.8. The molecule has 0 saturated heterocycles. The van der Waals surface area contributed by atoms with E-state index in [9.17, 15) is 9.18 Å². The molecule has 1 amide bonds. The minimum atomic E-state index is -0.260. The molecule has 4 rings (SSSR count). The highest BCUT2D eigenvalue weighted by Crippen LogP contribution is 2.31. The van der Waals surface area contributed by atoms with E-state index in [-0.39, 0.29) is 11.7 Å². The Morgan fingerprint density at radius 1 is 1.30 bits per heavy atom. The lowest BCUT2D eigenvalue weighted by atomic mass is 10.1. The van der Waals surface area contributed by atoms with Gasteiger partial charge in [-0.2, -0.15) is 5.10 Å². The summed E-state index contributed by atoms with van der Waals surface area (Å²) in [6, 6.07) is 8.63. The molecule has 0 aliphatic heterocycles. The van der Waals surface area contributed by atoms with Crippen LogP contribution in [0.2, 0.25) is 0 Å². The van der Waals surface area contributed by atoms with Crippen molar-refractivity contribution in [3.8, 4) is 0 Å². The van der Waals surface area contributed by atoms with E-state index < -0.39 is 0 Å². The maximum Gasteiger partial charge on any atom is 0.252 e. The minimum Gasteiger partial charge on any atom is -0.352 e. The standard InChI is InChI=1S/C21H23FN4O/c1-14-11-18(21(27)23-10-9-15-5-4-6-16(22)12-15)19-13-24-26(20(19)25-14)17-7-2-3-8-17/h4-6,11-13,17H,2-3,7-10H2,1H3,(H,23,27). The summed E-state index contributed by atoms with van der Waals surface area (Å²) in [4.78, 5) is 17.4. The fraction of sp³-hybridized carbons (Fsp3) is 0.381. The highest BCUT2D eigenvalue weighted by atomic mass is 19.1. The van der Waals surface area contributed by atoms with E-state index in [1.165, 1.54) is 25.0 Å². The van der Waals surface area contributed by atoms with Gasteiger partial charge < -0.3 is 5.32 Å². The average Bonchev–Trinajstić information content (AvgIpc) is 3.30. The van der Waals surface area contributed by atoms with E-state index in [4.69, 9.17) is 0 Å². The van der Waals surface area contributed by atoms with Crippen molar-refractivity contribution in [2.24, 2.45) is 0 Å². The van der Waals surface area contributed by atoms with Crippen LogP contribution in [0, 0.1) is 12.7 Å². The number of amides is 1. The second kappa shape index (κ2) is 7.47. The Kier molecular flexibility index (Phi) is 4.88. The van der Waals surface area contributed by atoms with Crippen LogP contribution in [0.4, 0.5) is 4.39 Å². The molecular formula is C21H23FN4O. The summed E-state index contributed by atoms with van der Waals surface area (Å²) in [5.41, 5.74) is 3.05. The van der Waals surface area contributed by atoms with Crippen LogP contribution in [0.5, 0.6) is 0 Å². The van der Waals surface area contributed by atoms with Gasteiger partial charge >= 0.3 is 0 Å². The van der Waals surface area contributed by atoms with Gasteiger partial charge in [-0.3, -0.25) is 4.79 Å². The number of aryl methyl sites for hydroxylation is 1. The molecule has 2 aromatic heterocycles. The maximum atomic E-state index is 13.3. The molecule has 0 radical (unpaired) electrons. The number of hydrogen-bond donors (Lipinski definition) is 1. The Labute approximate surface area is 157 Å². The molecule has 0 unspecified atom stereocenters. The number of halogens is 1. The topological polar surface area (TPSA) is 59.8 Å². The Morgan fingerprint density at radius 3 is 2.89 bits per heavy atom. The Hall–Kier alpha value is -2.76. The Bertz CT molecular complexity index is 975. The lowest BCUT2D eigenvalue weighted by molar-refractivity contribution is 0.0955. The lowest BCUT2D eigenvalue weighted by Gasteiger charge is -2.12. The molecule has 0 bridgehead atoms. The molecule has 1 aliphatic rings. The van der Waals surface area contributed by atoms with E-state index in [0.29, 0.717) is 24.6 Å². The van der Waals surface area contributed by atoms with Crippen molar-refractivity contribution in [3.63, 3.8) is 0 Å². The minimum absolute atomic E-state index is 0.145. The highest BCUT2D eigenvalue weighted by molar-refractivity contribution is 6.05. The molecule has 3 aromatic rings. The van der Waals surface area contributed by atoms with Crippen molar-refractivity contribution in [2.75, 3.05) is 6.54 Å². The van der Waals surface area contributed by atoms with Gasteiger partial charge in [0.05, 0.1) is 23.2 Å². The van der Waals surface area contributed by atoms with Crippen LogP contribution in [0.1, 0.15) is 53.3 Å². The molecule has 0 atom stereocenters. The lowest BCUT2D eigenvalue weighted by Crippen LogP contribution is -2.26. The van der Waals surface area contributed by atoms with Crippen LogP contribution in [0.15, 0.2) is 36.5 Å². The second-order valence-corrected chi connectivity index (χ2v) is 7.21. The van der Waals surface area contributed by atoms with Gasteiger partial charge in [0.1, 0.15) is 5.82 Å². The molecule has 5 nitrogen and oxygen atoms in total. The molecule has 27 heavy (non-hydrogen) atoms. The summed E-state index contributed by atoms with van der Waals surface area (Å²) in [5, 5.41) is 8.26. The highest BCUT2D eigenvalue weighted by Gasteiger charge is 2.22. The molecule has 1 fully saturated rings. The van der Waals surface area contributed by atoms with Crippen molar-refractivity contribution in [3.05, 3.63) is 59.2 Å². The van der Waals surface area contributed by atoms with Crippen molar-refractivity contribution >= 4 is 16.9 Å². The number of carbonyl (C=O) groups excluding carboxylic acids is 1. The number of aromatic nitrogens is 3. The van der Waals surface area contributed by atoms with Crippen molar-refractivity contribution in [1.29, 1.82) is 0 Å². The van der Waals surface area contributed by atoms with Crippen molar-refractivity contribution in [2.45, 2.75) is 45.1 Å². The Morgan fingerprint density at radius 2 is 2.11 bits per heavy atom. The quantitative estimate of drug-likeness (QED) is 0.743. The molecule has 2 heterocycles. The third-order valence-corrected chi connectivity index (χ3v) is 5.20. The maximum absolute atomic E-state index is 13.3. The predicted octanol–water partition coefficient (Wildman–Crippen LogP) is 3.97. The Balaban J connectivity index is 1.53. The molecule has 1 aliphatic carbocycles. The van der Waals surface area contributed by atoms with Crippen molar-refractivity contribution in [1.82, 2.24) is 20.1 Å². The third kappa shape index (κ3) is 3.70. The fourth-order valence-electron chi connectivity index (χ4n) is 3.86. The van der Waals surface area contributed by atoms with Crippen LogP contribution in [-0.2, 0) is 6.42 Å². The van der Waals surface area contributed by atoms with Crippen molar-refractivity contribution < 1.29 is 9.18 Å². The van der Waals surface area contributed by atoms with Gasteiger partial charge in [-0.05, 0) is 49.9 Å². The summed E-state index contributed by atoms with van der Waals surface area (Å²) in [6.45, 7) is 2.34. The monoisotopic (exact) mass is 366 g/mol. The number of nitrogens with one attached hydrogen (secondary N) is 1. The van der Waals surface area contributed by atoms with Gasteiger partial charge in [-0.25, -0.2) is 14.1 Å². The van der Waals surface area contributed by atoms with E-state index in [2.05, 4.69) is 15.4 Å². The van der Waals surface area contributed by atoms with Gasteiger partial charge in [0, 0.05) is 12.2 Å². The zero-order valence-corrected chi connectivity index (χ0v) is 15.4. The summed E-state index contributed by atoms with van der Waals surface area (Å²) in [5.74, 6) is -0.405. The SMILES string of the molecule is Cc1cc(C(=O)NCCc2cccc(F)c2)c2cnn(C3CCCC3)c2n1. The number of hydrogen-bond acceptors (Lipinski definition) is 3. The number of benzene rings is 1. The van der Waals surface area contributed by atoms with Crippen LogP contribution >= 0.6 is 0 Å². The summed E-state index contributed by atoms with van der Waals surface area (Å²) in [6.07, 6.45) is 6.99.